The average Bonchev–Trinajstić information content (AvgIpc) is 2.54. The monoisotopic (exact) mass is 286 g/mol. The van der Waals surface area contributed by atoms with Crippen molar-refractivity contribution in [3.05, 3.63) is 35.4 Å². The van der Waals surface area contributed by atoms with Gasteiger partial charge in [0.05, 0.1) is 5.92 Å². The van der Waals surface area contributed by atoms with Crippen molar-refractivity contribution in [1.29, 1.82) is 0 Å². The van der Waals surface area contributed by atoms with Crippen LogP contribution in [0.1, 0.15) is 49.1 Å². The molecule has 1 unspecified atom stereocenters. The van der Waals surface area contributed by atoms with Gasteiger partial charge in [0, 0.05) is 26.7 Å². The lowest BCUT2D eigenvalue weighted by Gasteiger charge is -2.32. The Kier molecular flexibility index (Phi) is 4.59. The summed E-state index contributed by atoms with van der Waals surface area (Å²) < 4.78 is 0. The van der Waals surface area contributed by atoms with Crippen LogP contribution in [0.15, 0.2) is 24.3 Å². The van der Waals surface area contributed by atoms with Crippen molar-refractivity contribution in [3.63, 3.8) is 0 Å². The summed E-state index contributed by atoms with van der Waals surface area (Å²) in [7, 11) is 1.98. The van der Waals surface area contributed by atoms with E-state index >= 15 is 0 Å². The average molecular weight is 286 g/mol. The molecule has 1 fully saturated rings. The van der Waals surface area contributed by atoms with Gasteiger partial charge in [-0.05, 0) is 29.9 Å². The quantitative estimate of drug-likeness (QED) is 0.926. The third kappa shape index (κ3) is 3.29. The first kappa shape index (κ1) is 14.6. The Labute approximate surface area is 127 Å². The van der Waals surface area contributed by atoms with Crippen molar-refractivity contribution < 1.29 is 4.79 Å². The summed E-state index contributed by atoms with van der Waals surface area (Å²) in [4.78, 5) is 14.8. The molecular weight excluding hydrogens is 260 g/mol. The van der Waals surface area contributed by atoms with Gasteiger partial charge >= 0.3 is 0 Å². The van der Waals surface area contributed by atoms with Gasteiger partial charge in [-0.1, -0.05) is 43.5 Å². The van der Waals surface area contributed by atoms with E-state index < -0.39 is 0 Å². The van der Waals surface area contributed by atoms with E-state index in [9.17, 15) is 4.79 Å². The van der Waals surface area contributed by atoms with E-state index in [-0.39, 0.29) is 11.8 Å². The van der Waals surface area contributed by atoms with Gasteiger partial charge in [0.1, 0.15) is 0 Å². The zero-order valence-corrected chi connectivity index (χ0v) is 13.0. The second-order valence-corrected chi connectivity index (χ2v) is 6.61. The molecule has 0 saturated heterocycles. The second-order valence-electron chi connectivity index (χ2n) is 6.61. The predicted molar refractivity (Wildman–Crippen MR) is 85.1 cm³/mol. The number of nitrogens with zero attached hydrogens (tertiary/aromatic N) is 1. The van der Waals surface area contributed by atoms with E-state index in [0.29, 0.717) is 5.92 Å². The molecule has 3 heteroatoms. The van der Waals surface area contributed by atoms with Gasteiger partial charge in [0.15, 0.2) is 0 Å². The fourth-order valence-electron chi connectivity index (χ4n) is 3.83. The van der Waals surface area contributed by atoms with E-state index in [4.69, 9.17) is 0 Å². The number of carbonyl (C=O) groups excluding carboxylic acids is 1. The fraction of sp³-hybridized carbons (Fsp3) is 0.611. The Morgan fingerprint density at radius 2 is 2.00 bits per heavy atom. The summed E-state index contributed by atoms with van der Waals surface area (Å²) in [5.74, 6) is 0.975. The van der Waals surface area contributed by atoms with E-state index in [1.165, 1.54) is 43.2 Å². The summed E-state index contributed by atoms with van der Waals surface area (Å²) in [5.41, 5.74) is 2.49. The SMILES string of the molecule is CN(CC1CCCCC1)C(=O)C1CNCc2ccccc21. The number of carbonyl (C=O) groups is 1. The van der Waals surface area contributed by atoms with Crippen LogP contribution < -0.4 is 5.32 Å². The molecule has 21 heavy (non-hydrogen) atoms. The van der Waals surface area contributed by atoms with Gasteiger partial charge in [-0.25, -0.2) is 0 Å². The van der Waals surface area contributed by atoms with Crippen LogP contribution in [0.25, 0.3) is 0 Å². The minimum absolute atomic E-state index is 0.0106. The molecule has 1 atom stereocenters. The summed E-state index contributed by atoms with van der Waals surface area (Å²) in [6, 6.07) is 8.35. The maximum atomic E-state index is 12.8. The Morgan fingerprint density at radius 3 is 2.81 bits per heavy atom. The number of likely N-dealkylation sites (N-methyl/N-ethyl adjacent to an activating group) is 1. The third-order valence-electron chi connectivity index (χ3n) is 5.03. The fourth-order valence-corrected chi connectivity index (χ4v) is 3.83. The lowest BCUT2D eigenvalue weighted by molar-refractivity contribution is -0.132. The van der Waals surface area contributed by atoms with Crippen molar-refractivity contribution in [3.8, 4) is 0 Å². The van der Waals surface area contributed by atoms with Crippen LogP contribution in [0.5, 0.6) is 0 Å². The topological polar surface area (TPSA) is 32.3 Å². The molecule has 114 valence electrons. The van der Waals surface area contributed by atoms with E-state index in [1.807, 2.05) is 18.0 Å². The third-order valence-corrected chi connectivity index (χ3v) is 5.03. The summed E-state index contributed by atoms with van der Waals surface area (Å²) in [6.07, 6.45) is 6.61. The standard InChI is InChI=1S/C18H26N2O/c1-20(13-14-7-3-2-4-8-14)18(21)17-12-19-11-15-9-5-6-10-16(15)17/h5-6,9-10,14,17,19H,2-4,7-8,11-13H2,1H3. The minimum atomic E-state index is -0.0106. The van der Waals surface area contributed by atoms with Crippen molar-refractivity contribution in [2.75, 3.05) is 20.1 Å². The summed E-state index contributed by atoms with van der Waals surface area (Å²) >= 11 is 0. The molecule has 1 aromatic rings. The van der Waals surface area contributed by atoms with Crippen molar-refractivity contribution >= 4 is 5.91 Å². The Hall–Kier alpha value is -1.35. The molecule has 1 heterocycles. The zero-order valence-electron chi connectivity index (χ0n) is 13.0. The number of amides is 1. The molecule has 1 amide bonds. The second kappa shape index (κ2) is 6.61. The molecule has 0 aromatic heterocycles. The van der Waals surface area contributed by atoms with Crippen molar-refractivity contribution in [2.24, 2.45) is 5.92 Å². The molecule has 1 aliphatic heterocycles. The van der Waals surface area contributed by atoms with E-state index in [1.54, 1.807) is 0 Å². The molecule has 0 spiro atoms. The van der Waals surface area contributed by atoms with Gasteiger partial charge < -0.3 is 10.2 Å². The molecule has 1 aromatic carbocycles. The highest BCUT2D eigenvalue weighted by Gasteiger charge is 2.29. The van der Waals surface area contributed by atoms with E-state index in [2.05, 4.69) is 23.5 Å². The van der Waals surface area contributed by atoms with Crippen LogP contribution in [-0.2, 0) is 11.3 Å². The number of hydrogen-bond donors (Lipinski definition) is 1. The Morgan fingerprint density at radius 1 is 1.24 bits per heavy atom. The highest BCUT2D eigenvalue weighted by molar-refractivity contribution is 5.84. The first-order valence-electron chi connectivity index (χ1n) is 8.29. The predicted octanol–water partition coefficient (Wildman–Crippen LogP) is 2.91. The molecule has 0 radical (unpaired) electrons. The van der Waals surface area contributed by atoms with Crippen LogP contribution in [0.2, 0.25) is 0 Å². The zero-order chi connectivity index (χ0) is 14.7. The molecule has 0 bridgehead atoms. The van der Waals surface area contributed by atoms with E-state index in [0.717, 1.165) is 19.6 Å². The van der Waals surface area contributed by atoms with Gasteiger partial charge in [-0.2, -0.15) is 0 Å². The maximum Gasteiger partial charge on any atom is 0.231 e. The lowest BCUT2D eigenvalue weighted by Crippen LogP contribution is -2.41. The number of hydrogen-bond acceptors (Lipinski definition) is 2. The molecule has 2 aliphatic rings. The van der Waals surface area contributed by atoms with Gasteiger partial charge in [-0.3, -0.25) is 4.79 Å². The minimum Gasteiger partial charge on any atom is -0.345 e. The summed E-state index contributed by atoms with van der Waals surface area (Å²) in [5, 5.41) is 3.38. The largest absolute Gasteiger partial charge is 0.345 e. The molecular formula is C18H26N2O. The van der Waals surface area contributed by atoms with Gasteiger partial charge in [0.25, 0.3) is 0 Å². The van der Waals surface area contributed by atoms with Crippen molar-refractivity contribution in [2.45, 2.75) is 44.6 Å². The smallest absolute Gasteiger partial charge is 0.231 e. The maximum absolute atomic E-state index is 12.8. The molecule has 1 N–H and O–H groups in total. The highest BCUT2D eigenvalue weighted by atomic mass is 16.2. The van der Waals surface area contributed by atoms with Gasteiger partial charge in [0.2, 0.25) is 5.91 Å². The van der Waals surface area contributed by atoms with Crippen molar-refractivity contribution in [1.82, 2.24) is 10.2 Å². The van der Waals surface area contributed by atoms with Crippen LogP contribution in [0, 0.1) is 5.92 Å². The van der Waals surface area contributed by atoms with Crippen LogP contribution in [0.3, 0.4) is 0 Å². The van der Waals surface area contributed by atoms with Crippen LogP contribution in [0.4, 0.5) is 0 Å². The highest BCUT2D eigenvalue weighted by Crippen LogP contribution is 2.28. The molecule has 3 rings (SSSR count). The van der Waals surface area contributed by atoms with Crippen LogP contribution >= 0.6 is 0 Å². The van der Waals surface area contributed by atoms with Crippen LogP contribution in [-0.4, -0.2) is 30.9 Å². The molecule has 1 saturated carbocycles. The number of fused-ring (bicyclic) bond motifs is 1. The first-order chi connectivity index (χ1) is 10.3. The molecule has 1 aliphatic carbocycles. The Balaban J connectivity index is 1.67. The number of benzene rings is 1. The van der Waals surface area contributed by atoms with Gasteiger partial charge in [-0.15, -0.1) is 0 Å². The normalized spacial score (nSPS) is 22.6. The lowest BCUT2D eigenvalue weighted by atomic mass is 9.87. The first-order valence-corrected chi connectivity index (χ1v) is 8.29. The summed E-state index contributed by atoms with van der Waals surface area (Å²) in [6.45, 7) is 2.58. The molecule has 3 nitrogen and oxygen atoms in total. The Bertz CT molecular complexity index is 494. The number of rotatable bonds is 3. The number of nitrogens with one attached hydrogen (secondary N) is 1.